The first-order valence-corrected chi connectivity index (χ1v) is 12.1. The van der Waals surface area contributed by atoms with Gasteiger partial charge in [-0.3, -0.25) is 4.98 Å². The smallest absolute Gasteiger partial charge is 0.0956 e. The van der Waals surface area contributed by atoms with Gasteiger partial charge in [0.1, 0.15) is 0 Å². The fourth-order valence-electron chi connectivity index (χ4n) is 5.37. The summed E-state index contributed by atoms with van der Waals surface area (Å²) >= 11 is 6.49. The van der Waals surface area contributed by atoms with E-state index in [0.717, 1.165) is 58.4 Å². The Morgan fingerprint density at radius 3 is 2.50 bits per heavy atom. The van der Waals surface area contributed by atoms with Crippen molar-refractivity contribution in [2.24, 2.45) is 0 Å². The molecule has 0 N–H and O–H groups in total. The van der Waals surface area contributed by atoms with Crippen LogP contribution in [0, 0.1) is 18.3 Å². The number of halogens is 1. The monoisotopic (exact) mass is 462 g/mol. The number of allylic oxidation sites excluding steroid dienone is 5. The van der Waals surface area contributed by atoms with E-state index in [9.17, 15) is 5.26 Å². The van der Waals surface area contributed by atoms with Crippen molar-refractivity contribution in [3.8, 4) is 17.2 Å². The first kappa shape index (κ1) is 22.4. The summed E-state index contributed by atoms with van der Waals surface area (Å²) in [6.07, 6.45) is 4.46. The SMILES string of the molecule is C=C1Cc2ccc(CC)cc2C2=C1C(c1ccc(-c3cnc(C)cc3Cl)cc1)C(C#N)=C(C)C2. The molecule has 0 saturated heterocycles. The molecule has 0 bridgehead atoms. The van der Waals surface area contributed by atoms with E-state index in [1.807, 2.05) is 19.2 Å². The number of aromatic nitrogens is 1. The summed E-state index contributed by atoms with van der Waals surface area (Å²) in [6, 6.07) is 19.7. The zero-order chi connectivity index (χ0) is 24.0. The predicted octanol–water partition coefficient (Wildman–Crippen LogP) is 8.17. The highest BCUT2D eigenvalue weighted by Crippen LogP contribution is 2.51. The first-order chi connectivity index (χ1) is 16.4. The summed E-state index contributed by atoms with van der Waals surface area (Å²) in [5.74, 6) is -0.0969. The Balaban J connectivity index is 1.64. The minimum absolute atomic E-state index is 0.0969. The summed E-state index contributed by atoms with van der Waals surface area (Å²) < 4.78 is 0. The Morgan fingerprint density at radius 2 is 1.82 bits per heavy atom. The van der Waals surface area contributed by atoms with Gasteiger partial charge in [0.2, 0.25) is 0 Å². The lowest BCUT2D eigenvalue weighted by Crippen LogP contribution is -2.20. The van der Waals surface area contributed by atoms with Crippen molar-refractivity contribution < 1.29 is 0 Å². The fourth-order valence-corrected chi connectivity index (χ4v) is 5.69. The molecule has 1 heterocycles. The zero-order valence-corrected chi connectivity index (χ0v) is 20.6. The molecule has 2 aliphatic rings. The number of nitrogens with zero attached hydrogens (tertiary/aromatic N) is 2. The van der Waals surface area contributed by atoms with Gasteiger partial charge < -0.3 is 0 Å². The molecule has 0 spiro atoms. The van der Waals surface area contributed by atoms with Gasteiger partial charge in [0, 0.05) is 28.9 Å². The van der Waals surface area contributed by atoms with Crippen LogP contribution in [-0.4, -0.2) is 4.98 Å². The molecule has 1 unspecified atom stereocenters. The van der Waals surface area contributed by atoms with E-state index >= 15 is 0 Å². The number of nitriles is 1. The quantitative estimate of drug-likeness (QED) is 0.393. The number of fused-ring (bicyclic) bond motifs is 2. The second-order valence-corrected chi connectivity index (χ2v) is 9.77. The van der Waals surface area contributed by atoms with Crippen molar-refractivity contribution in [2.45, 2.75) is 46.0 Å². The van der Waals surface area contributed by atoms with Crippen LogP contribution in [0.25, 0.3) is 16.7 Å². The molecule has 1 aromatic heterocycles. The average Bonchev–Trinajstić information content (AvgIpc) is 2.83. The number of hydrogen-bond donors (Lipinski definition) is 0. The van der Waals surface area contributed by atoms with E-state index in [-0.39, 0.29) is 5.92 Å². The Bertz CT molecular complexity index is 1430. The fraction of sp³-hybridized carbons (Fsp3) is 0.226. The molecule has 168 valence electrons. The lowest BCUT2D eigenvalue weighted by atomic mass is 9.67. The van der Waals surface area contributed by atoms with Crippen LogP contribution in [0.5, 0.6) is 0 Å². The molecule has 0 saturated carbocycles. The highest BCUT2D eigenvalue weighted by atomic mass is 35.5. The van der Waals surface area contributed by atoms with Gasteiger partial charge in [-0.2, -0.15) is 5.26 Å². The van der Waals surface area contributed by atoms with Gasteiger partial charge in [-0.05, 0) is 83.7 Å². The highest BCUT2D eigenvalue weighted by Gasteiger charge is 2.35. The van der Waals surface area contributed by atoms with Crippen molar-refractivity contribution in [3.63, 3.8) is 0 Å². The van der Waals surface area contributed by atoms with Crippen LogP contribution in [-0.2, 0) is 12.8 Å². The van der Waals surface area contributed by atoms with Crippen LogP contribution in [0.4, 0.5) is 0 Å². The Morgan fingerprint density at radius 1 is 1.06 bits per heavy atom. The van der Waals surface area contributed by atoms with Crippen LogP contribution >= 0.6 is 11.6 Å². The van der Waals surface area contributed by atoms with Crippen LogP contribution in [0.3, 0.4) is 0 Å². The van der Waals surface area contributed by atoms with Gasteiger partial charge >= 0.3 is 0 Å². The molecule has 5 rings (SSSR count). The number of rotatable bonds is 3. The summed E-state index contributed by atoms with van der Waals surface area (Å²) in [5.41, 5.74) is 13.6. The van der Waals surface area contributed by atoms with Gasteiger partial charge in [-0.15, -0.1) is 0 Å². The third-order valence-electron chi connectivity index (χ3n) is 7.16. The van der Waals surface area contributed by atoms with Gasteiger partial charge in [-0.25, -0.2) is 0 Å². The van der Waals surface area contributed by atoms with Crippen LogP contribution in [0.1, 0.15) is 54.1 Å². The Hall–Kier alpha value is -3.41. The molecule has 1 atom stereocenters. The van der Waals surface area contributed by atoms with Crippen LogP contribution < -0.4 is 0 Å². The molecule has 0 amide bonds. The maximum absolute atomic E-state index is 10.2. The van der Waals surface area contributed by atoms with E-state index in [1.165, 1.54) is 27.8 Å². The Kier molecular flexibility index (Phi) is 5.76. The van der Waals surface area contributed by atoms with Gasteiger partial charge in [0.25, 0.3) is 0 Å². The normalized spacial score (nSPS) is 17.4. The van der Waals surface area contributed by atoms with Gasteiger partial charge in [0.05, 0.1) is 11.1 Å². The molecule has 2 aromatic carbocycles. The van der Waals surface area contributed by atoms with E-state index in [4.69, 9.17) is 11.6 Å². The number of aryl methyl sites for hydroxylation is 2. The van der Waals surface area contributed by atoms with Crippen LogP contribution in [0.2, 0.25) is 5.02 Å². The topological polar surface area (TPSA) is 36.7 Å². The zero-order valence-electron chi connectivity index (χ0n) is 19.9. The second kappa shape index (κ2) is 8.75. The summed E-state index contributed by atoms with van der Waals surface area (Å²) in [5, 5.41) is 10.9. The van der Waals surface area contributed by atoms with E-state index in [1.54, 1.807) is 0 Å². The summed E-state index contributed by atoms with van der Waals surface area (Å²) in [6.45, 7) is 10.7. The third-order valence-corrected chi connectivity index (χ3v) is 7.47. The first-order valence-electron chi connectivity index (χ1n) is 11.8. The predicted molar refractivity (Wildman–Crippen MR) is 141 cm³/mol. The minimum atomic E-state index is -0.0969. The van der Waals surface area contributed by atoms with Gasteiger partial charge in [-0.1, -0.05) is 73.1 Å². The molecular formula is C31H27ClN2. The minimum Gasteiger partial charge on any atom is -0.261 e. The summed E-state index contributed by atoms with van der Waals surface area (Å²) in [4.78, 5) is 4.41. The van der Waals surface area contributed by atoms with Crippen molar-refractivity contribution in [3.05, 3.63) is 117 Å². The number of benzene rings is 2. The van der Waals surface area contributed by atoms with Crippen molar-refractivity contribution in [2.75, 3.05) is 0 Å². The maximum Gasteiger partial charge on any atom is 0.0956 e. The molecule has 2 aliphatic carbocycles. The van der Waals surface area contributed by atoms with E-state index in [2.05, 4.69) is 73.9 Å². The molecule has 34 heavy (non-hydrogen) atoms. The standard InChI is InChI=1S/C31H27ClN2/c1-5-21-6-7-24-12-19(3)30-26(25(24)15-21)13-18(2)27(16-33)31(30)23-10-8-22(9-11-23)28-17-34-20(4)14-29(28)32/h6-11,14-15,17,31H,3,5,12-13H2,1-2,4H3. The van der Waals surface area contributed by atoms with E-state index < -0.39 is 0 Å². The van der Waals surface area contributed by atoms with E-state index in [0.29, 0.717) is 5.02 Å². The third kappa shape index (κ3) is 3.71. The van der Waals surface area contributed by atoms with Gasteiger partial charge in [0.15, 0.2) is 0 Å². The van der Waals surface area contributed by atoms with Crippen molar-refractivity contribution >= 4 is 17.2 Å². The number of pyridine rings is 1. The maximum atomic E-state index is 10.2. The lowest BCUT2D eigenvalue weighted by Gasteiger charge is -2.35. The molecule has 2 nitrogen and oxygen atoms in total. The molecule has 3 heteroatoms. The van der Waals surface area contributed by atoms with Crippen LogP contribution in [0.15, 0.2) is 83.6 Å². The summed E-state index contributed by atoms with van der Waals surface area (Å²) in [7, 11) is 0. The number of hydrogen-bond acceptors (Lipinski definition) is 2. The highest BCUT2D eigenvalue weighted by molar-refractivity contribution is 6.33. The average molecular weight is 463 g/mol. The molecule has 3 aromatic rings. The Labute approximate surface area is 206 Å². The molecule has 0 aliphatic heterocycles. The largest absolute Gasteiger partial charge is 0.261 e. The second-order valence-electron chi connectivity index (χ2n) is 9.36. The molecular weight excluding hydrogens is 436 g/mol. The lowest BCUT2D eigenvalue weighted by molar-refractivity contribution is 0.871. The molecule has 0 fully saturated rings. The molecule has 0 radical (unpaired) electrons. The van der Waals surface area contributed by atoms with Crippen molar-refractivity contribution in [1.82, 2.24) is 4.98 Å². The van der Waals surface area contributed by atoms with Crippen molar-refractivity contribution in [1.29, 1.82) is 5.26 Å².